The normalized spacial score (nSPS) is 12.4. The number of anilines is 2. The number of hydrogen-bond acceptors (Lipinski definition) is 4. The molecule has 1 aromatic heterocycles. The standard InChI is InChI=1S/C11H18Cl2N4/c1-4-5-7(2)17(3)11-9(13)6-8(12)10(15-11)16-14/h6-7H,4-5,14H2,1-3H3,(H,15,16). The van der Waals surface area contributed by atoms with E-state index in [4.69, 9.17) is 29.0 Å². The summed E-state index contributed by atoms with van der Waals surface area (Å²) in [5, 5.41) is 0.942. The number of nitrogens with two attached hydrogens (primary N) is 1. The Hall–Kier alpha value is -0.710. The number of nitrogens with one attached hydrogen (secondary N) is 1. The van der Waals surface area contributed by atoms with Crippen LogP contribution in [0.3, 0.4) is 0 Å². The lowest BCUT2D eigenvalue weighted by atomic mass is 10.2. The Morgan fingerprint density at radius 2 is 2.12 bits per heavy atom. The van der Waals surface area contributed by atoms with Gasteiger partial charge in [-0.25, -0.2) is 10.8 Å². The highest BCUT2D eigenvalue weighted by atomic mass is 35.5. The first-order valence-electron chi connectivity index (χ1n) is 5.56. The van der Waals surface area contributed by atoms with Gasteiger partial charge in [-0.3, -0.25) is 0 Å². The van der Waals surface area contributed by atoms with Crippen LogP contribution < -0.4 is 16.2 Å². The van der Waals surface area contributed by atoms with Crippen molar-refractivity contribution >= 4 is 34.8 Å². The van der Waals surface area contributed by atoms with Gasteiger partial charge in [-0.2, -0.15) is 0 Å². The summed E-state index contributed by atoms with van der Waals surface area (Å²) in [6.07, 6.45) is 2.18. The summed E-state index contributed by atoms with van der Waals surface area (Å²) in [6.45, 7) is 4.28. The maximum absolute atomic E-state index is 6.14. The molecule has 1 rings (SSSR count). The highest BCUT2D eigenvalue weighted by Crippen LogP contribution is 2.31. The zero-order valence-corrected chi connectivity index (χ0v) is 11.8. The van der Waals surface area contributed by atoms with Gasteiger partial charge in [0.1, 0.15) is 5.82 Å². The minimum Gasteiger partial charge on any atom is -0.356 e. The van der Waals surface area contributed by atoms with Gasteiger partial charge in [-0.15, -0.1) is 0 Å². The van der Waals surface area contributed by atoms with Crippen LogP contribution in [0.25, 0.3) is 0 Å². The number of hydrogen-bond donors (Lipinski definition) is 2. The monoisotopic (exact) mass is 276 g/mol. The molecule has 1 atom stereocenters. The van der Waals surface area contributed by atoms with Crippen LogP contribution in [0.15, 0.2) is 6.07 Å². The summed E-state index contributed by atoms with van der Waals surface area (Å²) in [5.41, 5.74) is 2.46. The summed E-state index contributed by atoms with van der Waals surface area (Å²) < 4.78 is 0. The van der Waals surface area contributed by atoms with Crippen LogP contribution in [-0.4, -0.2) is 18.1 Å². The maximum Gasteiger partial charge on any atom is 0.161 e. The van der Waals surface area contributed by atoms with Crippen molar-refractivity contribution in [3.63, 3.8) is 0 Å². The predicted molar refractivity (Wildman–Crippen MR) is 74.8 cm³/mol. The molecule has 6 heteroatoms. The first kappa shape index (κ1) is 14.4. The summed E-state index contributed by atoms with van der Waals surface area (Å²) in [5.74, 6) is 6.46. The van der Waals surface area contributed by atoms with Crippen LogP contribution >= 0.6 is 23.2 Å². The molecule has 17 heavy (non-hydrogen) atoms. The lowest BCUT2D eigenvalue weighted by molar-refractivity contribution is 0.611. The Kier molecular flexibility index (Phi) is 5.31. The third-order valence-electron chi connectivity index (χ3n) is 2.75. The number of pyridine rings is 1. The van der Waals surface area contributed by atoms with Gasteiger partial charge in [0.2, 0.25) is 0 Å². The van der Waals surface area contributed by atoms with E-state index < -0.39 is 0 Å². The molecule has 0 saturated carbocycles. The van der Waals surface area contributed by atoms with Crippen LogP contribution in [-0.2, 0) is 0 Å². The van der Waals surface area contributed by atoms with Crippen LogP contribution in [0.5, 0.6) is 0 Å². The molecule has 3 N–H and O–H groups in total. The first-order chi connectivity index (χ1) is 8.01. The minimum absolute atomic E-state index is 0.358. The van der Waals surface area contributed by atoms with Crippen molar-refractivity contribution in [3.05, 3.63) is 16.1 Å². The molecule has 0 amide bonds. The van der Waals surface area contributed by atoms with Gasteiger partial charge >= 0.3 is 0 Å². The molecule has 1 unspecified atom stereocenters. The molecule has 4 nitrogen and oxygen atoms in total. The summed E-state index contributed by atoms with van der Waals surface area (Å²) in [6, 6.07) is 2.01. The predicted octanol–water partition coefficient (Wildman–Crippen LogP) is 3.30. The van der Waals surface area contributed by atoms with Gasteiger partial charge in [0.25, 0.3) is 0 Å². The zero-order chi connectivity index (χ0) is 13.0. The van der Waals surface area contributed by atoms with Crippen LogP contribution in [0.2, 0.25) is 10.0 Å². The van der Waals surface area contributed by atoms with Crippen molar-refractivity contribution in [1.29, 1.82) is 0 Å². The highest BCUT2D eigenvalue weighted by Gasteiger charge is 2.16. The zero-order valence-electron chi connectivity index (χ0n) is 10.3. The third-order valence-corrected chi connectivity index (χ3v) is 3.32. The molecule has 0 radical (unpaired) electrons. The smallest absolute Gasteiger partial charge is 0.161 e. The number of nitrogens with zero attached hydrogens (tertiary/aromatic N) is 2. The van der Waals surface area contributed by atoms with Crippen molar-refractivity contribution in [2.75, 3.05) is 17.4 Å². The van der Waals surface area contributed by atoms with Crippen LogP contribution in [0, 0.1) is 0 Å². The van der Waals surface area contributed by atoms with Gasteiger partial charge in [-0.1, -0.05) is 36.5 Å². The van der Waals surface area contributed by atoms with Gasteiger partial charge in [0.15, 0.2) is 5.82 Å². The number of aromatic nitrogens is 1. The number of hydrazine groups is 1. The number of rotatable bonds is 5. The minimum atomic E-state index is 0.358. The molecule has 96 valence electrons. The van der Waals surface area contributed by atoms with Crippen molar-refractivity contribution in [3.8, 4) is 0 Å². The fourth-order valence-electron chi connectivity index (χ4n) is 1.63. The summed E-state index contributed by atoms with van der Waals surface area (Å²) in [4.78, 5) is 6.35. The molecule has 0 aromatic carbocycles. The maximum atomic E-state index is 6.14. The molecule has 0 saturated heterocycles. The van der Waals surface area contributed by atoms with E-state index in [1.54, 1.807) is 6.07 Å². The second-order valence-corrected chi connectivity index (χ2v) is 4.83. The van der Waals surface area contributed by atoms with Crippen LogP contribution in [0.4, 0.5) is 11.6 Å². The Balaban J connectivity index is 3.04. The highest BCUT2D eigenvalue weighted by molar-refractivity contribution is 6.37. The summed E-state index contributed by atoms with van der Waals surface area (Å²) >= 11 is 12.1. The average molecular weight is 277 g/mol. The SMILES string of the molecule is CCCC(C)N(C)c1nc(NN)c(Cl)cc1Cl. The molecule has 0 fully saturated rings. The largest absolute Gasteiger partial charge is 0.356 e. The quantitative estimate of drug-likeness (QED) is 0.640. The lowest BCUT2D eigenvalue weighted by Gasteiger charge is -2.27. The molecule has 0 spiro atoms. The lowest BCUT2D eigenvalue weighted by Crippen LogP contribution is -2.30. The van der Waals surface area contributed by atoms with E-state index in [-0.39, 0.29) is 0 Å². The van der Waals surface area contributed by atoms with E-state index in [1.165, 1.54) is 0 Å². The van der Waals surface area contributed by atoms with E-state index in [0.29, 0.717) is 27.7 Å². The molecule has 0 aliphatic heterocycles. The molecular formula is C11H18Cl2N4. The van der Waals surface area contributed by atoms with Gasteiger partial charge in [0, 0.05) is 13.1 Å². The van der Waals surface area contributed by atoms with E-state index in [0.717, 1.165) is 12.8 Å². The average Bonchev–Trinajstić information content (AvgIpc) is 2.29. The second-order valence-electron chi connectivity index (χ2n) is 4.02. The second kappa shape index (κ2) is 6.28. The van der Waals surface area contributed by atoms with E-state index in [9.17, 15) is 0 Å². The topological polar surface area (TPSA) is 54.2 Å². The Labute approximate surface area is 112 Å². The molecular weight excluding hydrogens is 259 g/mol. The van der Waals surface area contributed by atoms with E-state index in [2.05, 4.69) is 24.3 Å². The van der Waals surface area contributed by atoms with Crippen LogP contribution in [0.1, 0.15) is 26.7 Å². The Bertz CT molecular complexity index is 384. The fraction of sp³-hybridized carbons (Fsp3) is 0.545. The van der Waals surface area contributed by atoms with Gasteiger partial charge in [-0.05, 0) is 19.4 Å². The van der Waals surface area contributed by atoms with Gasteiger partial charge in [0.05, 0.1) is 10.0 Å². The molecule has 0 bridgehead atoms. The molecule has 1 heterocycles. The molecule has 0 aliphatic carbocycles. The summed E-state index contributed by atoms with van der Waals surface area (Å²) in [7, 11) is 1.96. The van der Waals surface area contributed by atoms with Crippen molar-refractivity contribution in [2.45, 2.75) is 32.7 Å². The Morgan fingerprint density at radius 3 is 2.65 bits per heavy atom. The van der Waals surface area contributed by atoms with E-state index >= 15 is 0 Å². The van der Waals surface area contributed by atoms with Crippen molar-refractivity contribution in [1.82, 2.24) is 4.98 Å². The third kappa shape index (κ3) is 3.37. The van der Waals surface area contributed by atoms with Crippen molar-refractivity contribution < 1.29 is 0 Å². The fourth-order valence-corrected chi connectivity index (χ4v) is 2.17. The number of halogens is 2. The van der Waals surface area contributed by atoms with Gasteiger partial charge < -0.3 is 10.3 Å². The van der Waals surface area contributed by atoms with Crippen molar-refractivity contribution in [2.24, 2.45) is 5.84 Å². The Morgan fingerprint density at radius 1 is 1.47 bits per heavy atom. The molecule has 0 aliphatic rings. The molecule has 1 aromatic rings. The van der Waals surface area contributed by atoms with E-state index in [1.807, 2.05) is 11.9 Å². The number of nitrogen functional groups attached to an aromatic ring is 1. The first-order valence-corrected chi connectivity index (χ1v) is 6.32.